The molecule has 114 valence electrons. The van der Waals surface area contributed by atoms with Gasteiger partial charge in [-0.1, -0.05) is 6.92 Å². The second-order valence-electron chi connectivity index (χ2n) is 5.29. The number of nitrogens with one attached hydrogen (secondary N) is 2. The van der Waals surface area contributed by atoms with Crippen molar-refractivity contribution in [1.29, 1.82) is 0 Å². The number of carbonyl (C=O) groups is 2. The van der Waals surface area contributed by atoms with Crippen molar-refractivity contribution < 1.29 is 14.3 Å². The summed E-state index contributed by atoms with van der Waals surface area (Å²) in [5.41, 5.74) is 0. The molecular weight excluding hydrogens is 260 g/mol. The van der Waals surface area contributed by atoms with Crippen molar-refractivity contribution in [2.75, 3.05) is 39.8 Å². The maximum absolute atomic E-state index is 11.8. The van der Waals surface area contributed by atoms with Gasteiger partial charge in [-0.2, -0.15) is 0 Å². The molecule has 2 N–H and O–H groups in total. The van der Waals surface area contributed by atoms with Crippen LogP contribution in [-0.4, -0.2) is 73.8 Å². The Kier molecular flexibility index (Phi) is 5.33. The zero-order valence-electron chi connectivity index (χ0n) is 12.2. The average molecular weight is 284 g/mol. The zero-order valence-corrected chi connectivity index (χ0v) is 12.2. The summed E-state index contributed by atoms with van der Waals surface area (Å²) in [7, 11) is 1.37. The van der Waals surface area contributed by atoms with E-state index in [0.717, 1.165) is 32.7 Å². The number of carbonyl (C=O) groups excluding carboxylic acids is 2. The topological polar surface area (TPSA) is 73.9 Å². The number of rotatable bonds is 4. The summed E-state index contributed by atoms with van der Waals surface area (Å²) in [4.78, 5) is 27.7. The van der Waals surface area contributed by atoms with Gasteiger partial charge in [0.15, 0.2) is 0 Å². The largest absolute Gasteiger partial charge is 0.469 e. The first-order valence-corrected chi connectivity index (χ1v) is 7.21. The molecule has 2 heterocycles. The van der Waals surface area contributed by atoms with Gasteiger partial charge in [0.2, 0.25) is 5.91 Å². The van der Waals surface area contributed by atoms with E-state index in [4.69, 9.17) is 0 Å². The number of piperazine rings is 1. The number of hydrogen-bond acceptors (Lipinski definition) is 6. The number of esters is 1. The van der Waals surface area contributed by atoms with E-state index in [-0.39, 0.29) is 30.6 Å². The van der Waals surface area contributed by atoms with Crippen LogP contribution >= 0.6 is 0 Å². The molecule has 0 radical (unpaired) electrons. The number of amides is 1. The highest BCUT2D eigenvalue weighted by molar-refractivity contribution is 5.79. The molecule has 0 saturated carbocycles. The Labute approximate surface area is 119 Å². The minimum atomic E-state index is -0.285. The molecule has 0 aliphatic carbocycles. The highest BCUT2D eigenvalue weighted by atomic mass is 16.5. The van der Waals surface area contributed by atoms with E-state index < -0.39 is 0 Å². The third-order valence-corrected chi connectivity index (χ3v) is 3.98. The normalized spacial score (nSPS) is 29.0. The second kappa shape index (κ2) is 7.01. The summed E-state index contributed by atoms with van der Waals surface area (Å²) in [5.74, 6) is -0.299. The first-order chi connectivity index (χ1) is 9.62. The van der Waals surface area contributed by atoms with Gasteiger partial charge in [-0.15, -0.1) is 0 Å². The fraction of sp³-hybridized carbons (Fsp3) is 0.846. The molecule has 2 saturated heterocycles. The van der Waals surface area contributed by atoms with Crippen LogP contribution in [0.1, 0.15) is 19.8 Å². The van der Waals surface area contributed by atoms with Crippen molar-refractivity contribution in [2.45, 2.75) is 32.1 Å². The van der Waals surface area contributed by atoms with Gasteiger partial charge in [0, 0.05) is 38.6 Å². The van der Waals surface area contributed by atoms with Crippen molar-refractivity contribution in [1.82, 2.24) is 20.4 Å². The van der Waals surface area contributed by atoms with Crippen LogP contribution in [0.3, 0.4) is 0 Å². The van der Waals surface area contributed by atoms with Gasteiger partial charge in [0.25, 0.3) is 0 Å². The molecule has 0 aromatic carbocycles. The van der Waals surface area contributed by atoms with Crippen molar-refractivity contribution in [2.24, 2.45) is 0 Å². The van der Waals surface area contributed by atoms with Crippen molar-refractivity contribution in [3.63, 3.8) is 0 Å². The fourth-order valence-corrected chi connectivity index (χ4v) is 2.71. The second-order valence-corrected chi connectivity index (χ2v) is 5.29. The lowest BCUT2D eigenvalue weighted by molar-refractivity contribution is -0.142. The van der Waals surface area contributed by atoms with E-state index in [1.165, 1.54) is 7.11 Å². The maximum atomic E-state index is 11.8. The van der Waals surface area contributed by atoms with Crippen LogP contribution in [0.2, 0.25) is 0 Å². The Morgan fingerprint density at radius 3 is 2.65 bits per heavy atom. The molecule has 0 aromatic heterocycles. The summed E-state index contributed by atoms with van der Waals surface area (Å²) in [6, 6.07) is -0.148. The predicted molar refractivity (Wildman–Crippen MR) is 73.8 cm³/mol. The van der Waals surface area contributed by atoms with Crippen molar-refractivity contribution in [3.05, 3.63) is 0 Å². The van der Waals surface area contributed by atoms with Crippen LogP contribution in [0.5, 0.6) is 0 Å². The lowest BCUT2D eigenvalue weighted by Gasteiger charge is -2.42. The molecule has 2 rings (SSSR count). The molecule has 0 spiro atoms. The first kappa shape index (κ1) is 15.2. The third kappa shape index (κ3) is 3.91. The number of ether oxygens (including phenoxy) is 1. The van der Waals surface area contributed by atoms with Gasteiger partial charge in [-0.3, -0.25) is 19.8 Å². The lowest BCUT2D eigenvalue weighted by Crippen LogP contribution is -2.66. The van der Waals surface area contributed by atoms with E-state index in [0.29, 0.717) is 6.42 Å². The van der Waals surface area contributed by atoms with Gasteiger partial charge in [-0.25, -0.2) is 0 Å². The molecule has 2 aliphatic rings. The Balaban J connectivity index is 1.88. The van der Waals surface area contributed by atoms with E-state index in [1.54, 1.807) is 0 Å². The molecule has 7 nitrogen and oxygen atoms in total. The Bertz CT molecular complexity index is 356. The van der Waals surface area contributed by atoms with E-state index in [9.17, 15) is 9.59 Å². The minimum absolute atomic E-state index is 0.0134. The van der Waals surface area contributed by atoms with Gasteiger partial charge >= 0.3 is 5.97 Å². The SMILES string of the molecule is CCN1CCN(C2NC(=O)CC(CC(=O)OC)N2)CC1. The standard InChI is InChI=1S/C13H24N4O3/c1-3-16-4-6-17(7-5-16)13-14-10(8-11(18)15-13)9-12(19)20-2/h10,13-14H,3-9H2,1-2H3,(H,15,18). The molecule has 0 bridgehead atoms. The summed E-state index contributed by atoms with van der Waals surface area (Å²) >= 11 is 0. The molecule has 2 atom stereocenters. The number of methoxy groups -OCH3 is 1. The summed E-state index contributed by atoms with van der Waals surface area (Å²) in [6.45, 7) is 7.05. The fourth-order valence-electron chi connectivity index (χ4n) is 2.71. The molecule has 2 unspecified atom stereocenters. The first-order valence-electron chi connectivity index (χ1n) is 7.21. The molecular formula is C13H24N4O3. The summed E-state index contributed by atoms with van der Waals surface area (Å²) < 4.78 is 4.67. The minimum Gasteiger partial charge on any atom is -0.469 e. The van der Waals surface area contributed by atoms with Crippen molar-refractivity contribution in [3.8, 4) is 0 Å². The molecule has 2 fully saturated rings. The smallest absolute Gasteiger partial charge is 0.307 e. The molecule has 20 heavy (non-hydrogen) atoms. The highest BCUT2D eigenvalue weighted by Crippen LogP contribution is 2.11. The third-order valence-electron chi connectivity index (χ3n) is 3.98. The van der Waals surface area contributed by atoms with E-state index in [2.05, 4.69) is 32.1 Å². The van der Waals surface area contributed by atoms with Crippen LogP contribution in [0.4, 0.5) is 0 Å². The molecule has 7 heteroatoms. The van der Waals surface area contributed by atoms with Crippen LogP contribution in [0, 0.1) is 0 Å². The molecule has 1 amide bonds. The van der Waals surface area contributed by atoms with Crippen LogP contribution in [-0.2, 0) is 14.3 Å². The lowest BCUT2D eigenvalue weighted by atomic mass is 10.1. The van der Waals surface area contributed by atoms with E-state index in [1.807, 2.05) is 0 Å². The number of hydrogen-bond donors (Lipinski definition) is 2. The Hall–Kier alpha value is -1.18. The predicted octanol–water partition coefficient (Wildman–Crippen LogP) is -1.05. The number of likely N-dealkylation sites (N-methyl/N-ethyl adjacent to an activating group) is 1. The van der Waals surface area contributed by atoms with Gasteiger partial charge in [-0.05, 0) is 6.54 Å². The van der Waals surface area contributed by atoms with E-state index >= 15 is 0 Å². The average Bonchev–Trinajstić information content (AvgIpc) is 2.46. The van der Waals surface area contributed by atoms with Gasteiger partial charge in [0.05, 0.1) is 13.5 Å². The monoisotopic (exact) mass is 284 g/mol. The van der Waals surface area contributed by atoms with Gasteiger partial charge in [0.1, 0.15) is 6.29 Å². The summed E-state index contributed by atoms with van der Waals surface area (Å²) in [6.07, 6.45) is 0.375. The molecule has 0 aromatic rings. The quantitative estimate of drug-likeness (QED) is 0.642. The van der Waals surface area contributed by atoms with Crippen molar-refractivity contribution >= 4 is 11.9 Å². The van der Waals surface area contributed by atoms with Crippen LogP contribution in [0.15, 0.2) is 0 Å². The maximum Gasteiger partial charge on any atom is 0.307 e. The van der Waals surface area contributed by atoms with Gasteiger partial charge < -0.3 is 15.0 Å². The summed E-state index contributed by atoms with van der Waals surface area (Å²) in [5, 5.41) is 6.27. The zero-order chi connectivity index (χ0) is 14.5. The van der Waals surface area contributed by atoms with Crippen LogP contribution < -0.4 is 10.6 Å². The Morgan fingerprint density at radius 2 is 2.05 bits per heavy atom. The number of nitrogens with zero attached hydrogens (tertiary/aromatic N) is 2. The Morgan fingerprint density at radius 1 is 1.35 bits per heavy atom. The van der Waals surface area contributed by atoms with Crippen LogP contribution in [0.25, 0.3) is 0 Å². The highest BCUT2D eigenvalue weighted by Gasteiger charge is 2.32. The molecule has 2 aliphatic heterocycles.